The van der Waals surface area contributed by atoms with Crippen LogP contribution in [0, 0.1) is 0 Å². The second-order valence-electron chi connectivity index (χ2n) is 4.13. The van der Waals surface area contributed by atoms with E-state index >= 15 is 0 Å². The Bertz CT molecular complexity index is 706. The van der Waals surface area contributed by atoms with E-state index in [-0.39, 0.29) is 12.3 Å². The number of nitrogens with one attached hydrogen (secondary N) is 2. The zero-order valence-corrected chi connectivity index (χ0v) is 12.5. The third kappa shape index (κ3) is 3.56. The van der Waals surface area contributed by atoms with Crippen LogP contribution in [-0.4, -0.2) is 37.5 Å². The third-order valence-corrected chi connectivity index (χ3v) is 4.42. The molecular formula is C12H15ClN4O2S. The van der Waals surface area contributed by atoms with E-state index in [2.05, 4.69) is 20.2 Å². The number of fused-ring (bicyclic) bond motifs is 1. The molecule has 108 valence electrons. The maximum atomic E-state index is 11.5. The Morgan fingerprint density at radius 2 is 1.90 bits per heavy atom. The van der Waals surface area contributed by atoms with Crippen LogP contribution < -0.4 is 10.0 Å². The van der Waals surface area contributed by atoms with Gasteiger partial charge in [-0.15, -0.1) is 10.2 Å². The highest BCUT2D eigenvalue weighted by Crippen LogP contribution is 2.25. The van der Waals surface area contributed by atoms with Gasteiger partial charge in [0.1, 0.15) is 0 Å². The first-order chi connectivity index (χ1) is 9.53. The van der Waals surface area contributed by atoms with Gasteiger partial charge in [0.25, 0.3) is 0 Å². The predicted octanol–water partition coefficient (Wildman–Crippen LogP) is 1.63. The first-order valence-corrected chi connectivity index (χ1v) is 8.18. The highest BCUT2D eigenvalue weighted by atomic mass is 35.5. The van der Waals surface area contributed by atoms with Gasteiger partial charge in [-0.05, 0) is 0 Å². The molecule has 0 fully saturated rings. The lowest BCUT2D eigenvalue weighted by Gasteiger charge is -2.09. The molecule has 2 rings (SSSR count). The minimum absolute atomic E-state index is 0.0283. The molecule has 2 N–H and O–H groups in total. The van der Waals surface area contributed by atoms with E-state index in [4.69, 9.17) is 11.6 Å². The molecule has 0 saturated carbocycles. The average molecular weight is 315 g/mol. The summed E-state index contributed by atoms with van der Waals surface area (Å²) in [5, 5.41) is 12.7. The quantitative estimate of drug-likeness (QED) is 0.846. The Morgan fingerprint density at radius 1 is 1.20 bits per heavy atom. The van der Waals surface area contributed by atoms with Crippen LogP contribution in [0.25, 0.3) is 10.8 Å². The van der Waals surface area contributed by atoms with Gasteiger partial charge in [0.05, 0.1) is 5.75 Å². The molecule has 1 aromatic carbocycles. The number of anilines is 1. The lowest BCUT2D eigenvalue weighted by molar-refractivity contribution is 0.584. The summed E-state index contributed by atoms with van der Waals surface area (Å²) in [5.41, 5.74) is 0. The van der Waals surface area contributed by atoms with Gasteiger partial charge in [-0.1, -0.05) is 42.8 Å². The Morgan fingerprint density at radius 3 is 2.60 bits per heavy atom. The Kier molecular flexibility index (Phi) is 4.74. The van der Waals surface area contributed by atoms with Crippen LogP contribution in [0.3, 0.4) is 0 Å². The van der Waals surface area contributed by atoms with E-state index in [0.29, 0.717) is 17.5 Å². The van der Waals surface area contributed by atoms with Crippen LogP contribution in [0.5, 0.6) is 0 Å². The SMILES string of the molecule is CCNS(=O)(=O)CCNc1nnc(Cl)c2ccccc12. The van der Waals surface area contributed by atoms with E-state index in [1.165, 1.54) is 0 Å². The first kappa shape index (κ1) is 15.0. The van der Waals surface area contributed by atoms with Crippen LogP contribution in [0.2, 0.25) is 5.15 Å². The van der Waals surface area contributed by atoms with Crippen molar-refractivity contribution < 1.29 is 8.42 Å². The minimum Gasteiger partial charge on any atom is -0.367 e. The van der Waals surface area contributed by atoms with Crippen molar-refractivity contribution >= 4 is 38.2 Å². The van der Waals surface area contributed by atoms with Gasteiger partial charge in [-0.2, -0.15) is 0 Å². The van der Waals surface area contributed by atoms with E-state index in [1.54, 1.807) is 6.92 Å². The van der Waals surface area contributed by atoms with Gasteiger partial charge in [0.2, 0.25) is 10.0 Å². The summed E-state index contributed by atoms with van der Waals surface area (Å²) in [4.78, 5) is 0. The molecule has 20 heavy (non-hydrogen) atoms. The van der Waals surface area contributed by atoms with E-state index < -0.39 is 10.0 Å². The maximum Gasteiger partial charge on any atom is 0.213 e. The largest absolute Gasteiger partial charge is 0.367 e. The Balaban J connectivity index is 2.13. The molecule has 0 radical (unpaired) electrons. The number of hydrogen-bond donors (Lipinski definition) is 2. The van der Waals surface area contributed by atoms with Crippen molar-refractivity contribution in [1.82, 2.24) is 14.9 Å². The number of aromatic nitrogens is 2. The number of halogens is 1. The molecule has 0 unspecified atom stereocenters. The number of rotatable bonds is 6. The molecule has 0 atom stereocenters. The fourth-order valence-electron chi connectivity index (χ4n) is 1.80. The zero-order chi connectivity index (χ0) is 14.6. The van der Waals surface area contributed by atoms with Gasteiger partial charge < -0.3 is 5.32 Å². The topological polar surface area (TPSA) is 84.0 Å². The van der Waals surface area contributed by atoms with E-state index in [0.717, 1.165) is 10.8 Å². The molecule has 0 aliphatic rings. The molecule has 0 bridgehead atoms. The molecule has 0 amide bonds. The Labute approximate surface area is 122 Å². The predicted molar refractivity (Wildman–Crippen MR) is 80.5 cm³/mol. The number of benzene rings is 1. The smallest absolute Gasteiger partial charge is 0.213 e. The average Bonchev–Trinajstić information content (AvgIpc) is 2.41. The van der Waals surface area contributed by atoms with Crippen molar-refractivity contribution in [1.29, 1.82) is 0 Å². The summed E-state index contributed by atoms with van der Waals surface area (Å²) in [6, 6.07) is 7.42. The summed E-state index contributed by atoms with van der Waals surface area (Å²) < 4.78 is 25.5. The molecule has 2 aromatic rings. The summed E-state index contributed by atoms with van der Waals surface area (Å²) in [5.74, 6) is 0.496. The van der Waals surface area contributed by atoms with Crippen molar-refractivity contribution in [3.8, 4) is 0 Å². The lowest BCUT2D eigenvalue weighted by atomic mass is 10.2. The van der Waals surface area contributed by atoms with E-state index in [9.17, 15) is 8.42 Å². The summed E-state index contributed by atoms with van der Waals surface area (Å²) in [6.45, 7) is 2.37. The van der Waals surface area contributed by atoms with Crippen LogP contribution in [-0.2, 0) is 10.0 Å². The molecular weight excluding hydrogens is 300 g/mol. The van der Waals surface area contributed by atoms with Crippen molar-refractivity contribution in [3.05, 3.63) is 29.4 Å². The molecule has 1 heterocycles. The summed E-state index contributed by atoms with van der Waals surface area (Å²) in [7, 11) is -3.25. The van der Waals surface area contributed by atoms with Crippen molar-refractivity contribution in [2.45, 2.75) is 6.92 Å². The fraction of sp³-hybridized carbons (Fsp3) is 0.333. The monoisotopic (exact) mass is 314 g/mol. The van der Waals surface area contributed by atoms with Crippen molar-refractivity contribution in [2.24, 2.45) is 0 Å². The second kappa shape index (κ2) is 6.34. The Hall–Kier alpha value is -1.44. The number of nitrogens with zero attached hydrogens (tertiary/aromatic N) is 2. The van der Waals surface area contributed by atoms with Crippen LogP contribution in [0.4, 0.5) is 5.82 Å². The number of sulfonamides is 1. The fourth-order valence-corrected chi connectivity index (χ4v) is 2.96. The zero-order valence-electron chi connectivity index (χ0n) is 10.9. The maximum absolute atomic E-state index is 11.5. The highest BCUT2D eigenvalue weighted by molar-refractivity contribution is 7.89. The minimum atomic E-state index is -3.25. The molecule has 0 spiro atoms. The second-order valence-corrected chi connectivity index (χ2v) is 6.41. The van der Waals surface area contributed by atoms with Gasteiger partial charge in [-0.25, -0.2) is 13.1 Å². The summed E-state index contributed by atoms with van der Waals surface area (Å²) >= 11 is 5.97. The van der Waals surface area contributed by atoms with E-state index in [1.807, 2.05) is 24.3 Å². The lowest BCUT2D eigenvalue weighted by Crippen LogP contribution is -2.29. The number of hydrogen-bond acceptors (Lipinski definition) is 5. The van der Waals surface area contributed by atoms with Crippen LogP contribution >= 0.6 is 11.6 Å². The molecule has 6 nitrogen and oxygen atoms in total. The molecule has 8 heteroatoms. The summed E-state index contributed by atoms with van der Waals surface area (Å²) in [6.07, 6.45) is 0. The van der Waals surface area contributed by atoms with Crippen molar-refractivity contribution in [2.75, 3.05) is 24.2 Å². The molecule has 0 aliphatic carbocycles. The van der Waals surface area contributed by atoms with Gasteiger partial charge in [0.15, 0.2) is 11.0 Å². The first-order valence-electron chi connectivity index (χ1n) is 6.15. The molecule has 1 aromatic heterocycles. The van der Waals surface area contributed by atoms with Crippen LogP contribution in [0.15, 0.2) is 24.3 Å². The van der Waals surface area contributed by atoms with Gasteiger partial charge in [-0.3, -0.25) is 0 Å². The van der Waals surface area contributed by atoms with Crippen LogP contribution in [0.1, 0.15) is 6.92 Å². The highest BCUT2D eigenvalue weighted by Gasteiger charge is 2.10. The van der Waals surface area contributed by atoms with Gasteiger partial charge in [0, 0.05) is 23.9 Å². The molecule has 0 aliphatic heterocycles. The normalized spacial score (nSPS) is 11.7. The van der Waals surface area contributed by atoms with Crippen molar-refractivity contribution in [3.63, 3.8) is 0 Å². The standard InChI is InChI=1S/C12H15ClN4O2S/c1-2-15-20(18,19)8-7-14-12-10-6-4-3-5-9(10)11(13)16-17-12/h3-6,15H,2,7-8H2,1H3,(H,14,17). The van der Waals surface area contributed by atoms with Gasteiger partial charge >= 0.3 is 0 Å². The third-order valence-electron chi connectivity index (χ3n) is 2.67. The molecule has 0 saturated heterocycles.